The number of hydrogen-bond acceptors (Lipinski definition) is 6. The summed E-state index contributed by atoms with van der Waals surface area (Å²) in [6.45, 7) is 4.02. The Hall–Kier alpha value is -3.04. The van der Waals surface area contributed by atoms with Crippen molar-refractivity contribution in [2.75, 3.05) is 19.6 Å². The maximum absolute atomic E-state index is 12.3. The van der Waals surface area contributed by atoms with Crippen molar-refractivity contribution in [1.29, 1.82) is 0 Å². The lowest BCUT2D eigenvalue weighted by Crippen LogP contribution is -2.52. The molecule has 0 atom stereocenters. The van der Waals surface area contributed by atoms with Crippen LogP contribution in [0.1, 0.15) is 30.3 Å². The molecule has 0 saturated carbocycles. The van der Waals surface area contributed by atoms with Gasteiger partial charge in [0.2, 0.25) is 11.8 Å². The number of aromatic nitrogens is 5. The molecule has 0 radical (unpaired) electrons. The highest BCUT2D eigenvalue weighted by atomic mass is 16.2. The van der Waals surface area contributed by atoms with Crippen LogP contribution in [0.25, 0.3) is 0 Å². The van der Waals surface area contributed by atoms with Crippen LogP contribution in [0, 0.1) is 6.92 Å². The summed E-state index contributed by atoms with van der Waals surface area (Å²) in [5, 5.41) is 8.27. The standard InChI is InChI=1S/C17H21N7O3/c1-12-5-16(26)23(11-18-12)10-17(27)22-8-14(9-22)24-7-13(19-20-24)6-21-4-2-3-15(21)25/h5,7,11,14H,2-4,6,8-10H2,1H3. The molecule has 2 fully saturated rings. The second-order valence-corrected chi connectivity index (χ2v) is 7.06. The molecule has 10 heteroatoms. The van der Waals surface area contributed by atoms with Crippen LogP contribution in [-0.2, 0) is 22.7 Å². The summed E-state index contributed by atoms with van der Waals surface area (Å²) >= 11 is 0. The van der Waals surface area contributed by atoms with E-state index in [2.05, 4.69) is 15.3 Å². The van der Waals surface area contributed by atoms with Crippen molar-refractivity contribution in [3.8, 4) is 0 Å². The van der Waals surface area contributed by atoms with Crippen LogP contribution in [0.3, 0.4) is 0 Å². The molecule has 0 N–H and O–H groups in total. The minimum absolute atomic E-state index is 0.0154. The highest BCUT2D eigenvalue weighted by Crippen LogP contribution is 2.21. The molecular formula is C17H21N7O3. The monoisotopic (exact) mass is 371 g/mol. The molecular weight excluding hydrogens is 350 g/mol. The molecule has 142 valence electrons. The van der Waals surface area contributed by atoms with E-state index in [1.54, 1.807) is 21.4 Å². The number of amides is 2. The fourth-order valence-corrected chi connectivity index (χ4v) is 3.34. The zero-order valence-electron chi connectivity index (χ0n) is 15.1. The van der Waals surface area contributed by atoms with Gasteiger partial charge in [-0.15, -0.1) is 5.10 Å². The maximum Gasteiger partial charge on any atom is 0.253 e. The topological polar surface area (TPSA) is 106 Å². The predicted molar refractivity (Wildman–Crippen MR) is 93.5 cm³/mol. The fourth-order valence-electron chi connectivity index (χ4n) is 3.34. The molecule has 2 aliphatic heterocycles. The van der Waals surface area contributed by atoms with Crippen molar-refractivity contribution in [3.63, 3.8) is 0 Å². The van der Waals surface area contributed by atoms with Crippen LogP contribution < -0.4 is 5.56 Å². The minimum Gasteiger partial charge on any atom is -0.337 e. The number of hydrogen-bond donors (Lipinski definition) is 0. The molecule has 2 aromatic heterocycles. The third-order valence-corrected chi connectivity index (χ3v) is 4.99. The number of carbonyl (C=O) groups is 2. The van der Waals surface area contributed by atoms with Gasteiger partial charge in [0.1, 0.15) is 12.2 Å². The van der Waals surface area contributed by atoms with Gasteiger partial charge in [-0.1, -0.05) is 5.21 Å². The second-order valence-electron chi connectivity index (χ2n) is 7.06. The predicted octanol–water partition coefficient (Wildman–Crippen LogP) is -0.651. The molecule has 10 nitrogen and oxygen atoms in total. The van der Waals surface area contributed by atoms with Crippen molar-refractivity contribution in [2.24, 2.45) is 0 Å². The van der Waals surface area contributed by atoms with E-state index in [9.17, 15) is 14.4 Å². The molecule has 0 bridgehead atoms. The van der Waals surface area contributed by atoms with Gasteiger partial charge in [-0.3, -0.25) is 19.0 Å². The molecule has 2 aliphatic rings. The summed E-state index contributed by atoms with van der Waals surface area (Å²) in [5.74, 6) is 0.0350. The van der Waals surface area contributed by atoms with Gasteiger partial charge < -0.3 is 9.80 Å². The molecule has 4 heterocycles. The highest BCUT2D eigenvalue weighted by Gasteiger charge is 2.33. The summed E-state index contributed by atoms with van der Waals surface area (Å²) in [7, 11) is 0. The van der Waals surface area contributed by atoms with Crippen molar-refractivity contribution < 1.29 is 9.59 Å². The number of likely N-dealkylation sites (tertiary alicyclic amines) is 2. The molecule has 27 heavy (non-hydrogen) atoms. The first-order chi connectivity index (χ1) is 13.0. The summed E-state index contributed by atoms with van der Waals surface area (Å²) < 4.78 is 3.06. The molecule has 0 aromatic carbocycles. The third kappa shape index (κ3) is 3.60. The smallest absolute Gasteiger partial charge is 0.253 e. The lowest BCUT2D eigenvalue weighted by Gasteiger charge is -2.38. The van der Waals surface area contributed by atoms with Gasteiger partial charge in [-0.05, 0) is 13.3 Å². The Balaban J connectivity index is 1.31. The number of nitrogens with zero attached hydrogens (tertiary/aromatic N) is 7. The number of rotatable bonds is 5. The molecule has 2 saturated heterocycles. The zero-order chi connectivity index (χ0) is 19.0. The Labute approximate surface area is 155 Å². The van der Waals surface area contributed by atoms with E-state index >= 15 is 0 Å². The first kappa shape index (κ1) is 17.4. The molecule has 0 unspecified atom stereocenters. The van der Waals surface area contributed by atoms with E-state index in [0.29, 0.717) is 31.7 Å². The summed E-state index contributed by atoms with van der Waals surface area (Å²) in [5.41, 5.74) is 1.16. The first-order valence-corrected chi connectivity index (χ1v) is 8.99. The van der Waals surface area contributed by atoms with E-state index in [-0.39, 0.29) is 30.0 Å². The molecule has 4 rings (SSSR count). The van der Waals surface area contributed by atoms with Crippen molar-refractivity contribution >= 4 is 11.8 Å². The number of aryl methyl sites for hydroxylation is 1. The van der Waals surface area contributed by atoms with Gasteiger partial charge in [-0.2, -0.15) is 0 Å². The SMILES string of the molecule is Cc1cc(=O)n(CC(=O)N2CC(n3cc(CN4CCCC4=O)nn3)C2)cn1. The van der Waals surface area contributed by atoms with Crippen LogP contribution >= 0.6 is 0 Å². The van der Waals surface area contributed by atoms with E-state index in [1.165, 1.54) is 17.0 Å². The third-order valence-electron chi connectivity index (χ3n) is 4.99. The van der Waals surface area contributed by atoms with E-state index < -0.39 is 0 Å². The van der Waals surface area contributed by atoms with Crippen LogP contribution in [0.2, 0.25) is 0 Å². The zero-order valence-corrected chi connectivity index (χ0v) is 15.1. The molecule has 0 aliphatic carbocycles. The van der Waals surface area contributed by atoms with Gasteiger partial charge in [0.15, 0.2) is 0 Å². The highest BCUT2D eigenvalue weighted by molar-refractivity contribution is 5.78. The Bertz CT molecular complexity index is 929. The second kappa shape index (κ2) is 6.93. The van der Waals surface area contributed by atoms with E-state index in [1.807, 2.05) is 6.20 Å². The Kier molecular flexibility index (Phi) is 4.46. The van der Waals surface area contributed by atoms with Gasteiger partial charge in [0.25, 0.3) is 5.56 Å². The van der Waals surface area contributed by atoms with Crippen molar-refractivity contribution in [3.05, 3.63) is 40.3 Å². The molecule has 0 spiro atoms. The lowest BCUT2D eigenvalue weighted by atomic mass is 10.1. The summed E-state index contributed by atoms with van der Waals surface area (Å²) in [6, 6.07) is 1.48. The summed E-state index contributed by atoms with van der Waals surface area (Å²) in [6.07, 6.45) is 4.74. The van der Waals surface area contributed by atoms with E-state index in [0.717, 1.165) is 18.7 Å². The van der Waals surface area contributed by atoms with Gasteiger partial charge >= 0.3 is 0 Å². The Morgan fingerprint density at radius 2 is 2.11 bits per heavy atom. The fraction of sp³-hybridized carbons (Fsp3) is 0.529. The van der Waals surface area contributed by atoms with Crippen LogP contribution in [-0.4, -0.2) is 65.8 Å². The maximum atomic E-state index is 12.3. The van der Waals surface area contributed by atoms with Crippen molar-refractivity contribution in [1.82, 2.24) is 34.3 Å². The van der Waals surface area contributed by atoms with Crippen molar-refractivity contribution in [2.45, 2.75) is 38.9 Å². The first-order valence-electron chi connectivity index (χ1n) is 8.99. The van der Waals surface area contributed by atoms with Crippen LogP contribution in [0.5, 0.6) is 0 Å². The average Bonchev–Trinajstić information content (AvgIpc) is 3.19. The van der Waals surface area contributed by atoms with Crippen LogP contribution in [0.4, 0.5) is 0 Å². The van der Waals surface area contributed by atoms with Gasteiger partial charge in [0, 0.05) is 37.8 Å². The summed E-state index contributed by atoms with van der Waals surface area (Å²) in [4.78, 5) is 43.4. The normalized spacial score (nSPS) is 17.4. The van der Waals surface area contributed by atoms with Gasteiger partial charge in [0.05, 0.1) is 25.1 Å². The van der Waals surface area contributed by atoms with Crippen LogP contribution in [0.15, 0.2) is 23.4 Å². The molecule has 2 amide bonds. The minimum atomic E-state index is -0.231. The van der Waals surface area contributed by atoms with E-state index in [4.69, 9.17) is 0 Å². The lowest BCUT2D eigenvalue weighted by molar-refractivity contribution is -0.138. The number of carbonyl (C=O) groups excluding carboxylic acids is 2. The average molecular weight is 371 g/mol. The Morgan fingerprint density at radius 1 is 1.30 bits per heavy atom. The quantitative estimate of drug-likeness (QED) is 0.691. The largest absolute Gasteiger partial charge is 0.337 e. The molecule has 2 aromatic rings. The Morgan fingerprint density at radius 3 is 2.81 bits per heavy atom. The van der Waals surface area contributed by atoms with Gasteiger partial charge in [-0.25, -0.2) is 9.67 Å².